The summed E-state index contributed by atoms with van der Waals surface area (Å²) in [5, 5.41) is 8.53. The van der Waals surface area contributed by atoms with Gasteiger partial charge in [-0.05, 0) is 44.4 Å². The van der Waals surface area contributed by atoms with Crippen molar-refractivity contribution in [3.05, 3.63) is 11.9 Å². The maximum absolute atomic E-state index is 12.3. The van der Waals surface area contributed by atoms with E-state index in [0.29, 0.717) is 24.3 Å². The molecule has 0 N–H and O–H groups in total. The highest BCUT2D eigenvalue weighted by Gasteiger charge is 2.43. The molecule has 184 valence electrons. The first-order chi connectivity index (χ1) is 15.4. The summed E-state index contributed by atoms with van der Waals surface area (Å²) in [5.74, 6) is 1.01. The van der Waals surface area contributed by atoms with Gasteiger partial charge in [-0.3, -0.25) is 14.5 Å². The lowest BCUT2D eigenvalue weighted by Crippen LogP contribution is -2.40. The third kappa shape index (κ3) is 6.89. The zero-order valence-corrected chi connectivity index (χ0v) is 21.9. The van der Waals surface area contributed by atoms with Crippen LogP contribution in [0, 0.1) is 11.8 Å². The summed E-state index contributed by atoms with van der Waals surface area (Å²) in [7, 11) is 0. The lowest BCUT2D eigenvalue weighted by molar-refractivity contribution is -0.142. The maximum Gasteiger partial charge on any atom is 0.233 e. The molecule has 2 heterocycles. The van der Waals surface area contributed by atoms with Crippen LogP contribution in [0.2, 0.25) is 0 Å². The molecule has 0 saturated carbocycles. The van der Waals surface area contributed by atoms with Crippen molar-refractivity contribution in [1.82, 2.24) is 19.9 Å². The van der Waals surface area contributed by atoms with E-state index < -0.39 is 0 Å². The average Bonchev–Trinajstić information content (AvgIpc) is 3.39. The summed E-state index contributed by atoms with van der Waals surface area (Å²) in [6.45, 7) is 17.1. The van der Waals surface area contributed by atoms with Gasteiger partial charge in [0, 0.05) is 24.6 Å². The van der Waals surface area contributed by atoms with Crippen LogP contribution < -0.4 is 0 Å². The highest BCUT2D eigenvalue weighted by Crippen LogP contribution is 2.33. The molecule has 0 radical (unpaired) electrons. The Hall–Kier alpha value is -1.72. The number of amides is 2. The fraction of sp³-hybridized carbons (Fsp3) is 0.846. The largest absolute Gasteiger partial charge is 0.279 e. The van der Waals surface area contributed by atoms with Gasteiger partial charge in [-0.1, -0.05) is 73.4 Å². The first-order valence-electron chi connectivity index (χ1n) is 13.1. The van der Waals surface area contributed by atoms with Crippen LogP contribution in [0.25, 0.3) is 0 Å². The van der Waals surface area contributed by atoms with Crippen molar-refractivity contribution in [2.24, 2.45) is 11.8 Å². The molecule has 6 heteroatoms. The number of hydrogen-bond acceptors (Lipinski definition) is 4. The van der Waals surface area contributed by atoms with E-state index in [1.54, 1.807) is 4.90 Å². The Bertz CT molecular complexity index is 645. The molecule has 1 aromatic heterocycles. The molecule has 0 bridgehead atoms. The van der Waals surface area contributed by atoms with Crippen LogP contribution in [-0.4, -0.2) is 37.7 Å². The highest BCUT2D eigenvalue weighted by atomic mass is 16.2. The molecule has 1 aliphatic heterocycles. The Kier molecular flexibility index (Phi) is 12.8. The Labute approximate surface area is 196 Å². The molecule has 1 aromatic rings. The van der Waals surface area contributed by atoms with Gasteiger partial charge in [0.05, 0.1) is 17.7 Å². The van der Waals surface area contributed by atoms with Crippen molar-refractivity contribution in [2.45, 2.75) is 131 Å². The Morgan fingerprint density at radius 3 is 1.78 bits per heavy atom. The van der Waals surface area contributed by atoms with E-state index in [1.165, 1.54) is 0 Å². The second-order valence-electron chi connectivity index (χ2n) is 9.07. The summed E-state index contributed by atoms with van der Waals surface area (Å²) in [6, 6.07) is 0.620. The lowest BCUT2D eigenvalue weighted by atomic mass is 9.86. The molecule has 1 aliphatic rings. The minimum Gasteiger partial charge on any atom is -0.279 e. The molecule has 32 heavy (non-hydrogen) atoms. The topological polar surface area (TPSA) is 68.1 Å². The Balaban J connectivity index is 0.000000323. The highest BCUT2D eigenvalue weighted by molar-refractivity contribution is 6.04. The van der Waals surface area contributed by atoms with E-state index in [-0.39, 0.29) is 23.8 Å². The number of nitrogens with zero attached hydrogens (tertiary/aromatic N) is 4. The van der Waals surface area contributed by atoms with Crippen LogP contribution >= 0.6 is 0 Å². The third-order valence-electron chi connectivity index (χ3n) is 7.39. The van der Waals surface area contributed by atoms with Gasteiger partial charge in [0.1, 0.15) is 0 Å². The van der Waals surface area contributed by atoms with Crippen LogP contribution in [0.4, 0.5) is 0 Å². The smallest absolute Gasteiger partial charge is 0.233 e. The van der Waals surface area contributed by atoms with Crippen molar-refractivity contribution in [3.63, 3.8) is 0 Å². The standard InChI is InChI=1S/C14H25NO2.C12H23N3/c1-5-10(6-2)12-9-13(16)15(14(12)17)11(7-3)8-4;1-5-10(6-2)12-9-15(14-13-12)11(7-3)8-4/h10-12H,5-9H2,1-4H3;9-11H,5-8H2,1-4H3. The summed E-state index contributed by atoms with van der Waals surface area (Å²) in [5.41, 5.74) is 1.16. The van der Waals surface area contributed by atoms with Gasteiger partial charge in [-0.2, -0.15) is 0 Å². The van der Waals surface area contributed by atoms with Gasteiger partial charge in [-0.15, -0.1) is 5.10 Å². The number of likely N-dealkylation sites (tertiary alicyclic amines) is 1. The minimum absolute atomic E-state index is 0.0422. The summed E-state index contributed by atoms with van der Waals surface area (Å²) >= 11 is 0. The third-order valence-corrected chi connectivity index (χ3v) is 7.39. The molecule has 1 saturated heterocycles. The van der Waals surface area contributed by atoms with E-state index in [9.17, 15) is 9.59 Å². The van der Waals surface area contributed by atoms with Crippen LogP contribution in [0.3, 0.4) is 0 Å². The quantitative estimate of drug-likeness (QED) is 0.341. The van der Waals surface area contributed by atoms with Crippen LogP contribution in [-0.2, 0) is 9.59 Å². The molecule has 0 spiro atoms. The number of carbonyl (C=O) groups excluding carboxylic acids is 2. The molecule has 2 amide bonds. The second-order valence-corrected chi connectivity index (χ2v) is 9.07. The van der Waals surface area contributed by atoms with Crippen molar-refractivity contribution in [3.8, 4) is 0 Å². The van der Waals surface area contributed by atoms with Gasteiger partial charge >= 0.3 is 0 Å². The molecular weight excluding hydrogens is 400 g/mol. The van der Waals surface area contributed by atoms with Crippen molar-refractivity contribution in [2.75, 3.05) is 0 Å². The first-order valence-corrected chi connectivity index (χ1v) is 13.1. The van der Waals surface area contributed by atoms with E-state index in [4.69, 9.17) is 0 Å². The van der Waals surface area contributed by atoms with Crippen molar-refractivity contribution in [1.29, 1.82) is 0 Å². The molecule has 1 unspecified atom stereocenters. The number of imide groups is 1. The summed E-state index contributed by atoms with van der Waals surface area (Å²) < 4.78 is 2.04. The zero-order chi connectivity index (χ0) is 24.3. The molecule has 1 fully saturated rings. The zero-order valence-electron chi connectivity index (χ0n) is 21.9. The predicted octanol–water partition coefficient (Wildman–Crippen LogP) is 6.53. The Morgan fingerprint density at radius 1 is 0.812 bits per heavy atom. The van der Waals surface area contributed by atoms with Gasteiger partial charge in [0.2, 0.25) is 11.8 Å². The van der Waals surface area contributed by atoms with E-state index in [0.717, 1.165) is 57.1 Å². The number of carbonyl (C=O) groups is 2. The number of aromatic nitrogens is 3. The molecule has 0 aliphatic carbocycles. The van der Waals surface area contributed by atoms with Crippen molar-refractivity contribution < 1.29 is 9.59 Å². The number of hydrogen-bond donors (Lipinski definition) is 0. The normalized spacial score (nSPS) is 16.6. The van der Waals surface area contributed by atoms with E-state index >= 15 is 0 Å². The summed E-state index contributed by atoms with van der Waals surface area (Å²) in [6.07, 6.45) is 10.8. The van der Waals surface area contributed by atoms with E-state index in [2.05, 4.69) is 58.1 Å². The fourth-order valence-electron chi connectivity index (χ4n) is 4.96. The molecule has 2 rings (SSSR count). The van der Waals surface area contributed by atoms with Crippen LogP contribution in [0.1, 0.15) is 131 Å². The van der Waals surface area contributed by atoms with Gasteiger partial charge in [0.25, 0.3) is 0 Å². The van der Waals surface area contributed by atoms with Gasteiger partial charge < -0.3 is 0 Å². The fourth-order valence-corrected chi connectivity index (χ4v) is 4.96. The minimum atomic E-state index is -0.0573. The summed E-state index contributed by atoms with van der Waals surface area (Å²) in [4.78, 5) is 25.9. The van der Waals surface area contributed by atoms with Crippen LogP contribution in [0.5, 0.6) is 0 Å². The van der Waals surface area contributed by atoms with Gasteiger partial charge in [-0.25, -0.2) is 4.68 Å². The van der Waals surface area contributed by atoms with E-state index in [1.807, 2.05) is 18.5 Å². The maximum atomic E-state index is 12.3. The first kappa shape index (κ1) is 28.3. The SMILES string of the molecule is CCC(CC)C1CC(=O)N(C(CC)CC)C1=O.CCC(CC)c1cn(C(CC)CC)nn1. The molecular formula is C26H48N4O2. The molecule has 6 nitrogen and oxygen atoms in total. The molecule has 0 aromatic carbocycles. The second kappa shape index (κ2) is 14.4. The Morgan fingerprint density at radius 2 is 1.34 bits per heavy atom. The average molecular weight is 449 g/mol. The monoisotopic (exact) mass is 448 g/mol. The molecule has 1 atom stereocenters. The predicted molar refractivity (Wildman–Crippen MR) is 131 cm³/mol. The lowest BCUT2D eigenvalue weighted by Gasteiger charge is -2.25. The van der Waals surface area contributed by atoms with Gasteiger partial charge in [0.15, 0.2) is 0 Å². The van der Waals surface area contributed by atoms with Crippen LogP contribution in [0.15, 0.2) is 6.20 Å². The van der Waals surface area contributed by atoms with Crippen molar-refractivity contribution >= 4 is 11.8 Å². The number of rotatable bonds is 12.